The minimum atomic E-state index is -0.426. The Labute approximate surface area is 77.1 Å². The second-order valence-electron chi connectivity index (χ2n) is 3.24. The van der Waals surface area contributed by atoms with E-state index in [0.29, 0.717) is 5.75 Å². The number of thioether (sulfide) groups is 1. The maximum atomic E-state index is 11.0. The summed E-state index contributed by atoms with van der Waals surface area (Å²) in [4.78, 5) is 11.0. The highest BCUT2D eigenvalue weighted by Crippen LogP contribution is 2.09. The molecule has 68 valence electrons. The van der Waals surface area contributed by atoms with Crippen LogP contribution in [0.15, 0.2) is 0 Å². The van der Waals surface area contributed by atoms with E-state index in [4.69, 9.17) is 10.00 Å². The Hall–Kier alpha value is -0.690. The quantitative estimate of drug-likeness (QED) is 0.497. The fourth-order valence-electron chi connectivity index (χ4n) is 0.551. The van der Waals surface area contributed by atoms with Crippen LogP contribution in [0.4, 0.5) is 0 Å². The van der Waals surface area contributed by atoms with Gasteiger partial charge >= 0.3 is 5.97 Å². The Bertz CT molecular complexity index is 190. The molecule has 0 aliphatic heterocycles. The molecule has 0 saturated carbocycles. The van der Waals surface area contributed by atoms with Crippen molar-refractivity contribution in [3.8, 4) is 6.07 Å². The maximum Gasteiger partial charge on any atom is 0.316 e. The Balaban J connectivity index is 3.56. The van der Waals surface area contributed by atoms with Crippen molar-refractivity contribution in [2.45, 2.75) is 26.4 Å². The summed E-state index contributed by atoms with van der Waals surface area (Å²) in [7, 11) is 0. The van der Waals surface area contributed by atoms with E-state index in [1.165, 1.54) is 11.8 Å². The van der Waals surface area contributed by atoms with E-state index in [-0.39, 0.29) is 11.7 Å². The Kier molecular flexibility index (Phi) is 4.75. The minimum absolute atomic E-state index is 0.255. The van der Waals surface area contributed by atoms with Gasteiger partial charge in [-0.1, -0.05) is 0 Å². The van der Waals surface area contributed by atoms with Gasteiger partial charge in [0.05, 0.1) is 17.6 Å². The molecule has 0 fully saturated rings. The van der Waals surface area contributed by atoms with Crippen LogP contribution in [-0.2, 0) is 9.53 Å². The summed E-state index contributed by atoms with van der Waals surface area (Å²) in [5.74, 6) is 0.326. The van der Waals surface area contributed by atoms with Crippen LogP contribution in [0.2, 0.25) is 0 Å². The molecular formula is C8H13NO2S. The predicted molar refractivity (Wildman–Crippen MR) is 48.8 cm³/mol. The summed E-state index contributed by atoms with van der Waals surface area (Å²) in [6.07, 6.45) is 0. The molecule has 0 aromatic heterocycles. The summed E-state index contributed by atoms with van der Waals surface area (Å²) in [6, 6.07) is 1.94. The fourth-order valence-corrected chi connectivity index (χ4v) is 0.970. The summed E-state index contributed by atoms with van der Waals surface area (Å²) < 4.78 is 5.02. The topological polar surface area (TPSA) is 50.1 Å². The number of ether oxygens (including phenoxy) is 1. The first-order chi connectivity index (χ1) is 5.45. The molecule has 3 nitrogen and oxygen atoms in total. The summed E-state index contributed by atoms with van der Waals surface area (Å²) >= 11 is 1.27. The lowest BCUT2D eigenvalue weighted by molar-refractivity contribution is -0.151. The molecule has 0 aromatic rings. The van der Waals surface area contributed by atoms with Crippen LogP contribution in [0.3, 0.4) is 0 Å². The molecule has 0 spiro atoms. The highest BCUT2D eigenvalue weighted by Gasteiger charge is 2.15. The largest absolute Gasteiger partial charge is 0.459 e. The summed E-state index contributed by atoms with van der Waals surface area (Å²) in [6.45, 7) is 5.46. The zero-order valence-electron chi connectivity index (χ0n) is 7.59. The lowest BCUT2D eigenvalue weighted by Gasteiger charge is -2.18. The number of hydrogen-bond donors (Lipinski definition) is 0. The third kappa shape index (κ3) is 7.42. The smallest absolute Gasteiger partial charge is 0.316 e. The molecule has 12 heavy (non-hydrogen) atoms. The second-order valence-corrected chi connectivity index (χ2v) is 4.22. The number of nitrogens with zero attached hydrogens (tertiary/aromatic N) is 1. The Morgan fingerprint density at radius 3 is 2.58 bits per heavy atom. The minimum Gasteiger partial charge on any atom is -0.459 e. The van der Waals surface area contributed by atoms with Gasteiger partial charge in [0, 0.05) is 0 Å². The first kappa shape index (κ1) is 11.3. The van der Waals surface area contributed by atoms with Gasteiger partial charge in [-0.05, 0) is 20.8 Å². The molecule has 0 aliphatic rings. The first-order valence-corrected chi connectivity index (χ1v) is 4.78. The highest BCUT2D eigenvalue weighted by atomic mass is 32.2. The van der Waals surface area contributed by atoms with Gasteiger partial charge in [0.15, 0.2) is 0 Å². The van der Waals surface area contributed by atoms with Crippen molar-refractivity contribution in [1.29, 1.82) is 5.26 Å². The number of carbonyl (C=O) groups excluding carboxylic acids is 1. The monoisotopic (exact) mass is 187 g/mol. The van der Waals surface area contributed by atoms with E-state index in [9.17, 15) is 4.79 Å². The van der Waals surface area contributed by atoms with Gasteiger partial charge in [-0.15, -0.1) is 11.8 Å². The van der Waals surface area contributed by atoms with Crippen molar-refractivity contribution in [2.75, 3.05) is 11.5 Å². The molecule has 0 heterocycles. The molecule has 0 aromatic carbocycles. The lowest BCUT2D eigenvalue weighted by atomic mass is 10.2. The number of carbonyl (C=O) groups is 1. The molecule has 0 rings (SSSR count). The second kappa shape index (κ2) is 5.04. The highest BCUT2D eigenvalue weighted by molar-refractivity contribution is 8.00. The molecular weight excluding hydrogens is 174 g/mol. The summed E-state index contributed by atoms with van der Waals surface area (Å²) in [5.41, 5.74) is -0.426. The SMILES string of the molecule is CC(C)(C)OC(=O)CSCC#N. The van der Waals surface area contributed by atoms with Crippen LogP contribution in [0.1, 0.15) is 20.8 Å². The standard InChI is InChI=1S/C8H13NO2S/c1-8(2,3)11-7(10)6-12-5-4-9/h5-6H2,1-3H3. The van der Waals surface area contributed by atoms with Crippen LogP contribution < -0.4 is 0 Å². The van der Waals surface area contributed by atoms with E-state index >= 15 is 0 Å². The molecule has 0 bridgehead atoms. The van der Waals surface area contributed by atoms with Crippen LogP contribution >= 0.6 is 11.8 Å². The zero-order valence-corrected chi connectivity index (χ0v) is 8.40. The van der Waals surface area contributed by atoms with Crippen molar-refractivity contribution in [2.24, 2.45) is 0 Å². The van der Waals surface area contributed by atoms with E-state index in [1.807, 2.05) is 26.8 Å². The molecule has 0 N–H and O–H groups in total. The molecule has 0 unspecified atom stereocenters. The van der Waals surface area contributed by atoms with Crippen molar-refractivity contribution >= 4 is 17.7 Å². The molecule has 0 atom stereocenters. The van der Waals surface area contributed by atoms with Gasteiger partial charge in [0.25, 0.3) is 0 Å². The van der Waals surface area contributed by atoms with E-state index in [1.54, 1.807) is 0 Å². The fraction of sp³-hybridized carbons (Fsp3) is 0.750. The van der Waals surface area contributed by atoms with Gasteiger partial charge < -0.3 is 4.74 Å². The molecule has 0 amide bonds. The third-order valence-corrected chi connectivity index (χ3v) is 1.58. The van der Waals surface area contributed by atoms with E-state index in [2.05, 4.69) is 0 Å². The van der Waals surface area contributed by atoms with Gasteiger partial charge in [-0.25, -0.2) is 0 Å². The summed E-state index contributed by atoms with van der Waals surface area (Å²) in [5, 5.41) is 8.19. The molecule has 0 radical (unpaired) electrons. The van der Waals surface area contributed by atoms with Gasteiger partial charge in [-0.3, -0.25) is 4.79 Å². The van der Waals surface area contributed by atoms with Gasteiger partial charge in [0.1, 0.15) is 5.60 Å². The predicted octanol–water partition coefficient (Wildman–Crippen LogP) is 1.58. The number of hydrogen-bond acceptors (Lipinski definition) is 4. The van der Waals surface area contributed by atoms with Crippen LogP contribution in [0.5, 0.6) is 0 Å². The van der Waals surface area contributed by atoms with Crippen LogP contribution in [0, 0.1) is 11.3 Å². The lowest BCUT2D eigenvalue weighted by Crippen LogP contribution is -2.24. The van der Waals surface area contributed by atoms with Crippen LogP contribution in [-0.4, -0.2) is 23.1 Å². The van der Waals surface area contributed by atoms with E-state index < -0.39 is 5.60 Å². The van der Waals surface area contributed by atoms with Crippen molar-refractivity contribution in [1.82, 2.24) is 0 Å². The molecule has 0 saturated heterocycles. The van der Waals surface area contributed by atoms with Crippen molar-refractivity contribution in [3.63, 3.8) is 0 Å². The third-order valence-electron chi connectivity index (χ3n) is 0.807. The Morgan fingerprint density at radius 1 is 1.58 bits per heavy atom. The average molecular weight is 187 g/mol. The Morgan fingerprint density at radius 2 is 2.17 bits per heavy atom. The van der Waals surface area contributed by atoms with E-state index in [0.717, 1.165) is 0 Å². The number of nitriles is 1. The number of rotatable bonds is 3. The number of esters is 1. The van der Waals surface area contributed by atoms with Gasteiger partial charge in [-0.2, -0.15) is 5.26 Å². The van der Waals surface area contributed by atoms with Crippen molar-refractivity contribution < 1.29 is 9.53 Å². The van der Waals surface area contributed by atoms with Crippen molar-refractivity contribution in [3.05, 3.63) is 0 Å². The first-order valence-electron chi connectivity index (χ1n) is 3.62. The molecule has 0 aliphatic carbocycles. The molecule has 4 heteroatoms. The zero-order chi connectivity index (χ0) is 9.61. The van der Waals surface area contributed by atoms with Gasteiger partial charge in [0.2, 0.25) is 0 Å². The van der Waals surface area contributed by atoms with Crippen LogP contribution in [0.25, 0.3) is 0 Å². The average Bonchev–Trinajstić information content (AvgIpc) is 1.84. The normalized spacial score (nSPS) is 10.5. The maximum absolute atomic E-state index is 11.0.